The first-order chi connectivity index (χ1) is 12.7. The molecular weight excluding hydrogens is 370 g/mol. The Hall–Kier alpha value is -2.44. The van der Waals surface area contributed by atoms with Crippen molar-refractivity contribution in [3.05, 3.63) is 30.2 Å². The number of hydrogen-bond acceptors (Lipinski definition) is 7. The third kappa shape index (κ3) is 5.05. The van der Waals surface area contributed by atoms with Crippen LogP contribution in [0.4, 0.5) is 4.79 Å². The van der Waals surface area contributed by atoms with E-state index in [1.54, 1.807) is 23.3 Å². The minimum absolute atomic E-state index is 0.0911. The summed E-state index contributed by atoms with van der Waals surface area (Å²) in [7, 11) is -1.11. The predicted octanol–water partition coefficient (Wildman–Crippen LogP) is 2.21. The lowest BCUT2D eigenvalue weighted by Crippen LogP contribution is -2.55. The van der Waals surface area contributed by atoms with E-state index in [0.717, 1.165) is 0 Å². The van der Waals surface area contributed by atoms with Gasteiger partial charge in [-0.1, -0.05) is 17.3 Å². The predicted molar refractivity (Wildman–Crippen MR) is 96.1 cm³/mol. The summed E-state index contributed by atoms with van der Waals surface area (Å²) in [5.41, 5.74) is 0.0843. The third-order valence-electron chi connectivity index (χ3n) is 3.68. The van der Waals surface area contributed by atoms with Gasteiger partial charge in [0.25, 0.3) is 5.89 Å². The van der Waals surface area contributed by atoms with Crippen molar-refractivity contribution in [3.63, 3.8) is 0 Å². The molecule has 1 aromatic carbocycles. The van der Waals surface area contributed by atoms with Gasteiger partial charge in [0.05, 0.1) is 40.5 Å². The van der Waals surface area contributed by atoms with E-state index in [2.05, 4.69) is 22.3 Å². The number of likely N-dealkylation sites (tertiary alicyclic amines) is 1. The summed E-state index contributed by atoms with van der Waals surface area (Å²) in [6.45, 7) is 6.58. The fourth-order valence-electron chi connectivity index (χ4n) is 2.30. The summed E-state index contributed by atoms with van der Waals surface area (Å²) >= 11 is 0. The number of hydrogen-bond donors (Lipinski definition) is 0. The SMILES string of the molecule is CS(=O)c1c#cc(-c2noc(COC3CN(C(=O)OC(C)(C)C)C3)n2)cc1. The molecule has 1 atom stereocenters. The normalized spacial score (nSPS) is 15.8. The second-order valence-electron chi connectivity index (χ2n) is 7.15. The van der Waals surface area contributed by atoms with Crippen molar-refractivity contribution in [2.24, 2.45) is 0 Å². The molecule has 1 fully saturated rings. The van der Waals surface area contributed by atoms with E-state index in [9.17, 15) is 9.00 Å². The van der Waals surface area contributed by atoms with E-state index in [1.807, 2.05) is 20.8 Å². The average Bonchev–Trinajstić information content (AvgIpc) is 3.00. The molecule has 144 valence electrons. The van der Waals surface area contributed by atoms with Crippen LogP contribution in [0.2, 0.25) is 0 Å². The third-order valence-corrected chi connectivity index (χ3v) is 4.54. The molecule has 9 heteroatoms. The first-order valence-corrected chi connectivity index (χ1v) is 9.97. The van der Waals surface area contributed by atoms with Gasteiger partial charge in [0.15, 0.2) is 0 Å². The Kier molecular flexibility index (Phi) is 5.48. The topological polar surface area (TPSA) is 94.8 Å². The minimum Gasteiger partial charge on any atom is -0.444 e. The Balaban J connectivity index is 1.47. The fourth-order valence-corrected chi connectivity index (χ4v) is 2.75. The van der Waals surface area contributed by atoms with Gasteiger partial charge in [-0.15, -0.1) is 0 Å². The lowest BCUT2D eigenvalue weighted by molar-refractivity contribution is -0.0739. The second kappa shape index (κ2) is 7.66. The van der Waals surface area contributed by atoms with Crippen LogP contribution >= 0.6 is 0 Å². The minimum atomic E-state index is -1.11. The van der Waals surface area contributed by atoms with Crippen LogP contribution in [0.15, 0.2) is 21.6 Å². The molecule has 0 bridgehead atoms. The summed E-state index contributed by atoms with van der Waals surface area (Å²) in [5.74, 6) is 0.694. The number of ether oxygens (including phenoxy) is 2. The highest BCUT2D eigenvalue weighted by Gasteiger charge is 2.34. The van der Waals surface area contributed by atoms with E-state index >= 15 is 0 Å². The maximum absolute atomic E-state index is 11.9. The molecule has 1 aromatic heterocycles. The highest BCUT2D eigenvalue weighted by molar-refractivity contribution is 7.84. The lowest BCUT2D eigenvalue weighted by atomic mass is 10.2. The van der Waals surface area contributed by atoms with E-state index < -0.39 is 16.4 Å². The molecule has 0 saturated carbocycles. The quantitative estimate of drug-likeness (QED) is 0.771. The highest BCUT2D eigenvalue weighted by Crippen LogP contribution is 2.19. The first kappa shape index (κ1) is 19.3. The van der Waals surface area contributed by atoms with Crippen molar-refractivity contribution >= 4 is 16.9 Å². The van der Waals surface area contributed by atoms with Crippen molar-refractivity contribution < 1.29 is 23.0 Å². The number of carbonyl (C=O) groups excluding carboxylic acids is 1. The molecule has 3 rings (SSSR count). The molecule has 1 saturated heterocycles. The van der Waals surface area contributed by atoms with Crippen molar-refractivity contribution in [2.45, 2.75) is 44.0 Å². The number of aromatic nitrogens is 2. The van der Waals surface area contributed by atoms with E-state index in [0.29, 0.717) is 35.3 Å². The zero-order valence-corrected chi connectivity index (χ0v) is 16.5. The van der Waals surface area contributed by atoms with Crippen LogP contribution in [0, 0.1) is 12.1 Å². The fraction of sp³-hybridized carbons (Fsp3) is 0.500. The molecule has 2 heterocycles. The zero-order chi connectivity index (χ0) is 19.6. The molecule has 0 aliphatic carbocycles. The smallest absolute Gasteiger partial charge is 0.410 e. The molecule has 1 unspecified atom stereocenters. The van der Waals surface area contributed by atoms with Gasteiger partial charge >= 0.3 is 6.09 Å². The number of nitrogens with zero attached hydrogens (tertiary/aromatic N) is 3. The van der Waals surface area contributed by atoms with Crippen molar-refractivity contribution in [1.29, 1.82) is 0 Å². The summed E-state index contributed by atoms with van der Waals surface area (Å²) in [5, 5.41) is 3.89. The standard InChI is InChI=1S/C18H21N3O5S/c1-18(2,3)25-17(22)21-9-13(10-21)24-11-15-19-16(20-26-15)12-5-7-14(8-6-12)27(4)23/h5,7,13H,9-11H2,1-4H3. The van der Waals surface area contributed by atoms with E-state index in [-0.39, 0.29) is 18.8 Å². The largest absolute Gasteiger partial charge is 0.444 e. The Bertz CT molecular complexity index is 822. The van der Waals surface area contributed by atoms with E-state index in [4.69, 9.17) is 14.0 Å². The zero-order valence-electron chi connectivity index (χ0n) is 15.6. The molecule has 0 N–H and O–H groups in total. The van der Waals surface area contributed by atoms with Crippen LogP contribution in [-0.2, 0) is 26.9 Å². The van der Waals surface area contributed by atoms with Crippen molar-refractivity contribution in [1.82, 2.24) is 15.0 Å². The Morgan fingerprint density at radius 3 is 2.70 bits per heavy atom. The summed E-state index contributed by atoms with van der Waals surface area (Å²) < 4.78 is 27.5. The van der Waals surface area contributed by atoms with Gasteiger partial charge in [0, 0.05) is 6.26 Å². The van der Waals surface area contributed by atoms with E-state index in [1.165, 1.54) is 0 Å². The number of carbonyl (C=O) groups is 1. The Morgan fingerprint density at radius 1 is 1.37 bits per heavy atom. The molecule has 0 radical (unpaired) electrons. The lowest BCUT2D eigenvalue weighted by Gasteiger charge is -2.39. The van der Waals surface area contributed by atoms with Crippen LogP contribution in [0.3, 0.4) is 0 Å². The van der Waals surface area contributed by atoms with Crippen LogP contribution in [-0.4, -0.2) is 56.4 Å². The molecule has 1 aliphatic heterocycles. The van der Waals surface area contributed by atoms with Crippen molar-refractivity contribution in [3.8, 4) is 11.4 Å². The maximum Gasteiger partial charge on any atom is 0.410 e. The van der Waals surface area contributed by atoms with Gasteiger partial charge in [0.2, 0.25) is 5.82 Å². The van der Waals surface area contributed by atoms with Gasteiger partial charge in [-0.2, -0.15) is 4.98 Å². The monoisotopic (exact) mass is 391 g/mol. The van der Waals surface area contributed by atoms with Crippen LogP contribution in [0.25, 0.3) is 11.4 Å². The summed E-state index contributed by atoms with van der Waals surface area (Å²) in [6.07, 6.45) is 1.14. The van der Waals surface area contributed by atoms with Gasteiger partial charge in [0.1, 0.15) is 12.2 Å². The Labute approximate surface area is 160 Å². The molecule has 0 spiro atoms. The summed E-state index contributed by atoms with van der Waals surface area (Å²) in [6, 6.07) is 9.09. The maximum atomic E-state index is 11.9. The molecule has 2 aromatic rings. The molecule has 8 nitrogen and oxygen atoms in total. The van der Waals surface area contributed by atoms with Gasteiger partial charge in [-0.25, -0.2) is 4.79 Å². The summed E-state index contributed by atoms with van der Waals surface area (Å²) in [4.78, 5) is 18.3. The number of rotatable bonds is 5. The Morgan fingerprint density at radius 2 is 2.11 bits per heavy atom. The highest BCUT2D eigenvalue weighted by atomic mass is 32.2. The van der Waals surface area contributed by atoms with Crippen LogP contribution < -0.4 is 0 Å². The number of amides is 1. The van der Waals surface area contributed by atoms with Crippen LogP contribution in [0.5, 0.6) is 0 Å². The average molecular weight is 391 g/mol. The molecular formula is C18H21N3O5S. The van der Waals surface area contributed by atoms with Crippen molar-refractivity contribution in [2.75, 3.05) is 19.3 Å². The first-order valence-electron chi connectivity index (χ1n) is 8.41. The van der Waals surface area contributed by atoms with Gasteiger partial charge in [-0.05, 0) is 32.9 Å². The second-order valence-corrected chi connectivity index (χ2v) is 8.49. The van der Waals surface area contributed by atoms with Gasteiger partial charge in [-0.3, -0.25) is 4.21 Å². The molecule has 1 amide bonds. The molecule has 1 aliphatic rings. The van der Waals surface area contributed by atoms with Gasteiger partial charge < -0.3 is 18.9 Å². The molecule has 27 heavy (non-hydrogen) atoms. The van der Waals surface area contributed by atoms with Crippen LogP contribution in [0.1, 0.15) is 26.7 Å².